The Balaban J connectivity index is 2.44. The van der Waals surface area contributed by atoms with E-state index in [1.165, 1.54) is 4.31 Å². The van der Waals surface area contributed by atoms with Gasteiger partial charge in [0.05, 0.1) is 18.1 Å². The molecular formula is C14H17NO4S. The zero-order valence-electron chi connectivity index (χ0n) is 11.2. The average molecular weight is 295 g/mol. The quantitative estimate of drug-likeness (QED) is 0.804. The Morgan fingerprint density at radius 1 is 1.45 bits per heavy atom. The Morgan fingerprint density at radius 3 is 2.90 bits per heavy atom. The normalized spacial score (nSPS) is 20.2. The second-order valence-corrected chi connectivity index (χ2v) is 6.35. The molecule has 1 unspecified atom stereocenters. The van der Waals surface area contributed by atoms with Crippen molar-refractivity contribution in [3.05, 3.63) is 29.8 Å². The van der Waals surface area contributed by atoms with Gasteiger partial charge in [-0.25, -0.2) is 8.42 Å². The highest BCUT2D eigenvalue weighted by Crippen LogP contribution is 2.23. The van der Waals surface area contributed by atoms with Gasteiger partial charge in [-0.05, 0) is 19.1 Å². The first kappa shape index (κ1) is 15.0. The predicted molar refractivity (Wildman–Crippen MR) is 74.6 cm³/mol. The maximum atomic E-state index is 12.7. The lowest BCUT2D eigenvalue weighted by molar-refractivity contribution is 0.0392. The zero-order valence-corrected chi connectivity index (χ0v) is 12.1. The van der Waals surface area contributed by atoms with Crippen molar-refractivity contribution in [2.45, 2.75) is 17.9 Å². The van der Waals surface area contributed by atoms with E-state index in [2.05, 4.69) is 11.8 Å². The van der Waals surface area contributed by atoms with Gasteiger partial charge in [0.15, 0.2) is 0 Å². The summed E-state index contributed by atoms with van der Waals surface area (Å²) in [5.41, 5.74) is 0.403. The first-order valence-electron chi connectivity index (χ1n) is 6.35. The number of aliphatic hydroxyl groups is 1. The molecule has 5 nitrogen and oxygen atoms in total. The van der Waals surface area contributed by atoms with Crippen LogP contribution in [0, 0.1) is 11.8 Å². The van der Waals surface area contributed by atoms with E-state index in [-0.39, 0.29) is 17.5 Å². The lowest BCUT2D eigenvalue weighted by Crippen LogP contribution is -2.47. The molecule has 1 aliphatic rings. The molecular weight excluding hydrogens is 278 g/mol. The molecule has 20 heavy (non-hydrogen) atoms. The fraction of sp³-hybridized carbons (Fsp3) is 0.429. The van der Waals surface area contributed by atoms with Crippen LogP contribution in [0.4, 0.5) is 0 Å². The van der Waals surface area contributed by atoms with Gasteiger partial charge in [0.25, 0.3) is 0 Å². The standard InChI is InChI=1S/C14H17NO4S/c1-12-11-19-10-8-15(12)20(17,18)14-7-3-2-5-13(14)6-4-9-16/h2-3,5,7,12,16H,8-11H2,1H3. The summed E-state index contributed by atoms with van der Waals surface area (Å²) in [6.45, 7) is 2.64. The van der Waals surface area contributed by atoms with Crippen molar-refractivity contribution in [2.24, 2.45) is 0 Å². The molecule has 2 rings (SSSR count). The van der Waals surface area contributed by atoms with E-state index in [0.717, 1.165) is 0 Å². The van der Waals surface area contributed by atoms with E-state index >= 15 is 0 Å². The summed E-state index contributed by atoms with van der Waals surface area (Å²) >= 11 is 0. The van der Waals surface area contributed by atoms with Crippen LogP contribution in [0.1, 0.15) is 12.5 Å². The van der Waals surface area contributed by atoms with Crippen molar-refractivity contribution < 1.29 is 18.3 Å². The van der Waals surface area contributed by atoms with E-state index in [1.54, 1.807) is 24.3 Å². The molecule has 0 saturated carbocycles. The average Bonchev–Trinajstić information content (AvgIpc) is 2.45. The molecule has 108 valence electrons. The fourth-order valence-electron chi connectivity index (χ4n) is 2.12. The Hall–Kier alpha value is -1.39. The van der Waals surface area contributed by atoms with Crippen LogP contribution in [0.15, 0.2) is 29.2 Å². The Labute approximate surface area is 119 Å². The first-order chi connectivity index (χ1) is 9.57. The minimum Gasteiger partial charge on any atom is -0.384 e. The number of ether oxygens (including phenoxy) is 1. The molecule has 0 bridgehead atoms. The largest absolute Gasteiger partial charge is 0.384 e. The van der Waals surface area contributed by atoms with Gasteiger partial charge in [0.2, 0.25) is 10.0 Å². The van der Waals surface area contributed by atoms with Crippen molar-refractivity contribution >= 4 is 10.0 Å². The number of rotatable bonds is 2. The van der Waals surface area contributed by atoms with E-state index < -0.39 is 10.0 Å². The Bertz CT molecular complexity index is 630. The molecule has 1 fully saturated rings. The van der Waals surface area contributed by atoms with E-state index in [9.17, 15) is 8.42 Å². The third-order valence-electron chi connectivity index (χ3n) is 3.08. The summed E-state index contributed by atoms with van der Waals surface area (Å²) in [6.07, 6.45) is 0. The summed E-state index contributed by atoms with van der Waals surface area (Å²) < 4.78 is 32.2. The predicted octanol–water partition coefficient (Wildman–Crippen LogP) is 0.440. The lowest BCUT2D eigenvalue weighted by Gasteiger charge is -2.32. The lowest BCUT2D eigenvalue weighted by atomic mass is 10.2. The van der Waals surface area contributed by atoms with Gasteiger partial charge in [-0.1, -0.05) is 24.0 Å². The molecule has 1 aliphatic heterocycles. The number of benzene rings is 1. The van der Waals surface area contributed by atoms with Crippen LogP contribution >= 0.6 is 0 Å². The Kier molecular flexibility index (Phi) is 4.78. The second-order valence-electron chi connectivity index (χ2n) is 4.50. The number of hydrogen-bond donors (Lipinski definition) is 1. The molecule has 0 aromatic heterocycles. The van der Waals surface area contributed by atoms with Crippen LogP contribution in [-0.2, 0) is 14.8 Å². The van der Waals surface area contributed by atoms with Crippen LogP contribution in [0.3, 0.4) is 0 Å². The number of aliphatic hydroxyl groups excluding tert-OH is 1. The number of sulfonamides is 1. The molecule has 1 aromatic carbocycles. The third kappa shape index (κ3) is 3.02. The van der Waals surface area contributed by atoms with Crippen molar-refractivity contribution in [1.82, 2.24) is 4.31 Å². The minimum atomic E-state index is -3.60. The molecule has 0 aliphatic carbocycles. The van der Waals surface area contributed by atoms with E-state index in [4.69, 9.17) is 9.84 Å². The molecule has 1 N–H and O–H groups in total. The van der Waals surface area contributed by atoms with Crippen LogP contribution < -0.4 is 0 Å². The SMILES string of the molecule is CC1COCCN1S(=O)(=O)c1ccccc1C#CCO. The van der Waals surface area contributed by atoms with Crippen molar-refractivity contribution in [3.63, 3.8) is 0 Å². The molecule has 0 spiro atoms. The summed E-state index contributed by atoms with van der Waals surface area (Å²) in [7, 11) is -3.60. The van der Waals surface area contributed by atoms with Gasteiger partial charge >= 0.3 is 0 Å². The molecule has 1 heterocycles. The van der Waals surface area contributed by atoms with Crippen LogP contribution in [0.25, 0.3) is 0 Å². The maximum absolute atomic E-state index is 12.7. The van der Waals surface area contributed by atoms with Gasteiger partial charge < -0.3 is 9.84 Å². The smallest absolute Gasteiger partial charge is 0.244 e. The molecule has 1 aromatic rings. The first-order valence-corrected chi connectivity index (χ1v) is 7.79. The van der Waals surface area contributed by atoms with Crippen molar-refractivity contribution in [3.8, 4) is 11.8 Å². The zero-order chi connectivity index (χ0) is 14.6. The van der Waals surface area contributed by atoms with Crippen LogP contribution in [0.2, 0.25) is 0 Å². The van der Waals surface area contributed by atoms with E-state index in [1.807, 2.05) is 6.92 Å². The van der Waals surface area contributed by atoms with Gasteiger partial charge in [-0.2, -0.15) is 4.31 Å². The minimum absolute atomic E-state index is 0.176. The highest BCUT2D eigenvalue weighted by atomic mass is 32.2. The number of morpholine rings is 1. The van der Waals surface area contributed by atoms with Gasteiger partial charge in [0.1, 0.15) is 6.61 Å². The van der Waals surface area contributed by atoms with Crippen LogP contribution in [0.5, 0.6) is 0 Å². The highest BCUT2D eigenvalue weighted by molar-refractivity contribution is 7.89. The molecule has 0 radical (unpaired) electrons. The van der Waals surface area contributed by atoms with Gasteiger partial charge in [0, 0.05) is 18.2 Å². The third-order valence-corrected chi connectivity index (χ3v) is 5.15. The molecule has 1 atom stereocenters. The highest BCUT2D eigenvalue weighted by Gasteiger charge is 2.32. The summed E-state index contributed by atoms with van der Waals surface area (Å²) in [5.74, 6) is 5.17. The van der Waals surface area contributed by atoms with Crippen molar-refractivity contribution in [1.29, 1.82) is 0 Å². The number of hydrogen-bond acceptors (Lipinski definition) is 4. The fourth-order valence-corrected chi connectivity index (χ4v) is 3.87. The summed E-state index contributed by atoms with van der Waals surface area (Å²) in [5, 5.41) is 8.76. The maximum Gasteiger partial charge on any atom is 0.244 e. The van der Waals surface area contributed by atoms with Gasteiger partial charge in [-0.3, -0.25) is 0 Å². The Morgan fingerprint density at radius 2 is 2.20 bits per heavy atom. The second kappa shape index (κ2) is 6.37. The summed E-state index contributed by atoms with van der Waals surface area (Å²) in [4.78, 5) is 0.176. The van der Waals surface area contributed by atoms with Gasteiger partial charge in [-0.15, -0.1) is 0 Å². The van der Waals surface area contributed by atoms with Crippen molar-refractivity contribution in [2.75, 3.05) is 26.4 Å². The number of nitrogens with zero attached hydrogens (tertiary/aromatic N) is 1. The topological polar surface area (TPSA) is 66.8 Å². The molecule has 0 amide bonds. The monoisotopic (exact) mass is 295 g/mol. The molecule has 6 heteroatoms. The summed E-state index contributed by atoms with van der Waals surface area (Å²) in [6, 6.07) is 6.37. The molecule has 1 saturated heterocycles. The van der Waals surface area contributed by atoms with E-state index in [0.29, 0.717) is 25.3 Å². The van der Waals surface area contributed by atoms with Crippen LogP contribution in [-0.4, -0.2) is 50.2 Å².